The van der Waals surface area contributed by atoms with Crippen LogP contribution in [-0.2, 0) is 11.3 Å². The van der Waals surface area contributed by atoms with Crippen LogP contribution in [0, 0.1) is 0 Å². The van der Waals surface area contributed by atoms with Gasteiger partial charge in [0.15, 0.2) is 0 Å². The Bertz CT molecular complexity index is 551. The quantitative estimate of drug-likeness (QED) is 0.883. The van der Waals surface area contributed by atoms with E-state index in [9.17, 15) is 4.79 Å². The van der Waals surface area contributed by atoms with Gasteiger partial charge in [-0.25, -0.2) is 0 Å². The average molecular weight is 345 g/mol. The van der Waals surface area contributed by atoms with Gasteiger partial charge >= 0.3 is 0 Å². The third kappa shape index (κ3) is 5.03. The second-order valence-electron chi connectivity index (χ2n) is 7.59. The number of amides is 1. The molecular weight excluding hydrogens is 312 g/mol. The third-order valence-electron chi connectivity index (χ3n) is 5.29. The Morgan fingerprint density at radius 2 is 1.84 bits per heavy atom. The minimum atomic E-state index is 0.289. The Morgan fingerprint density at radius 3 is 2.52 bits per heavy atom. The molecular formula is C20H32N4O. The molecule has 1 N–H and O–H groups in total. The van der Waals surface area contributed by atoms with Crippen molar-refractivity contribution in [1.29, 1.82) is 0 Å². The lowest BCUT2D eigenvalue weighted by Crippen LogP contribution is -2.50. The van der Waals surface area contributed by atoms with E-state index >= 15 is 0 Å². The zero-order valence-corrected chi connectivity index (χ0v) is 15.7. The van der Waals surface area contributed by atoms with Gasteiger partial charge in [-0.2, -0.15) is 0 Å². The van der Waals surface area contributed by atoms with Crippen LogP contribution in [0.25, 0.3) is 0 Å². The molecule has 0 aromatic heterocycles. The van der Waals surface area contributed by atoms with Crippen molar-refractivity contribution in [2.75, 3.05) is 53.4 Å². The number of nitrogens with zero attached hydrogens (tertiary/aromatic N) is 3. The Kier molecular flexibility index (Phi) is 6.45. The van der Waals surface area contributed by atoms with Gasteiger partial charge in [0.25, 0.3) is 0 Å². The molecule has 0 aliphatic carbocycles. The second-order valence-corrected chi connectivity index (χ2v) is 7.59. The molecule has 0 spiro atoms. The topological polar surface area (TPSA) is 38.8 Å². The van der Waals surface area contributed by atoms with Crippen LogP contribution in [0.5, 0.6) is 0 Å². The normalized spacial score (nSPS) is 22.4. The molecule has 2 heterocycles. The molecule has 0 bridgehead atoms. The predicted molar refractivity (Wildman–Crippen MR) is 101 cm³/mol. The van der Waals surface area contributed by atoms with Crippen LogP contribution in [-0.4, -0.2) is 74.0 Å². The molecule has 5 heteroatoms. The van der Waals surface area contributed by atoms with Crippen molar-refractivity contribution in [3.63, 3.8) is 0 Å². The fourth-order valence-electron chi connectivity index (χ4n) is 3.96. The first kappa shape index (κ1) is 18.4. The number of hydrogen-bond donors (Lipinski definition) is 1. The molecule has 2 aliphatic heterocycles. The average Bonchev–Trinajstić information content (AvgIpc) is 2.63. The second kappa shape index (κ2) is 8.79. The lowest BCUT2D eigenvalue weighted by Gasteiger charge is -2.37. The van der Waals surface area contributed by atoms with E-state index in [2.05, 4.69) is 53.5 Å². The summed E-state index contributed by atoms with van der Waals surface area (Å²) in [5.41, 5.74) is 2.70. The molecule has 2 saturated heterocycles. The molecule has 25 heavy (non-hydrogen) atoms. The molecule has 0 unspecified atom stereocenters. The SMILES string of the molecule is CN(C)Cc1ccc([C@H]2CCCCN2CC(=O)N2CCNCC2)cc1. The first-order valence-electron chi connectivity index (χ1n) is 9.59. The molecule has 5 nitrogen and oxygen atoms in total. The lowest BCUT2D eigenvalue weighted by atomic mass is 9.94. The van der Waals surface area contributed by atoms with Gasteiger partial charge in [-0.05, 0) is 44.6 Å². The Balaban J connectivity index is 1.64. The highest BCUT2D eigenvalue weighted by atomic mass is 16.2. The maximum absolute atomic E-state index is 12.7. The number of nitrogens with one attached hydrogen (secondary N) is 1. The van der Waals surface area contributed by atoms with Crippen LogP contribution in [0.3, 0.4) is 0 Å². The summed E-state index contributed by atoms with van der Waals surface area (Å²) in [5, 5.41) is 3.32. The van der Waals surface area contributed by atoms with Gasteiger partial charge in [-0.15, -0.1) is 0 Å². The summed E-state index contributed by atoms with van der Waals surface area (Å²) < 4.78 is 0. The number of carbonyl (C=O) groups is 1. The van der Waals surface area contributed by atoms with Crippen molar-refractivity contribution in [2.24, 2.45) is 0 Å². The predicted octanol–water partition coefficient (Wildman–Crippen LogP) is 1.71. The molecule has 0 radical (unpaired) electrons. The standard InChI is InChI=1S/C20H32N4O/c1-22(2)15-17-6-8-18(9-7-17)19-5-3-4-12-24(19)16-20(25)23-13-10-21-11-14-23/h6-9,19,21H,3-5,10-16H2,1-2H3/t19-/m1/s1. The summed E-state index contributed by atoms with van der Waals surface area (Å²) in [4.78, 5) is 19.3. The van der Waals surface area contributed by atoms with Crippen LogP contribution in [0.1, 0.15) is 36.4 Å². The number of hydrogen-bond acceptors (Lipinski definition) is 4. The monoisotopic (exact) mass is 344 g/mol. The van der Waals surface area contributed by atoms with E-state index in [1.165, 1.54) is 24.0 Å². The minimum absolute atomic E-state index is 0.289. The summed E-state index contributed by atoms with van der Waals surface area (Å²) in [7, 11) is 4.19. The van der Waals surface area contributed by atoms with Gasteiger partial charge in [0.2, 0.25) is 5.91 Å². The summed E-state index contributed by atoms with van der Waals surface area (Å²) in [6.07, 6.45) is 3.61. The number of benzene rings is 1. The van der Waals surface area contributed by atoms with Crippen LogP contribution < -0.4 is 5.32 Å². The maximum atomic E-state index is 12.7. The molecule has 1 aromatic carbocycles. The highest BCUT2D eigenvalue weighted by Gasteiger charge is 2.27. The minimum Gasteiger partial charge on any atom is -0.339 e. The molecule has 3 rings (SSSR count). The molecule has 0 saturated carbocycles. The lowest BCUT2D eigenvalue weighted by molar-refractivity contribution is -0.134. The van der Waals surface area contributed by atoms with E-state index in [0.29, 0.717) is 12.6 Å². The van der Waals surface area contributed by atoms with Crippen molar-refractivity contribution < 1.29 is 4.79 Å². The van der Waals surface area contributed by atoms with E-state index < -0.39 is 0 Å². The van der Waals surface area contributed by atoms with Crippen LogP contribution >= 0.6 is 0 Å². The molecule has 1 amide bonds. The van der Waals surface area contributed by atoms with Crippen LogP contribution in [0.15, 0.2) is 24.3 Å². The van der Waals surface area contributed by atoms with E-state index in [1.807, 2.05) is 4.90 Å². The number of carbonyl (C=O) groups excluding carboxylic acids is 1. The van der Waals surface area contributed by atoms with Gasteiger partial charge in [0.05, 0.1) is 6.54 Å². The van der Waals surface area contributed by atoms with E-state index in [1.54, 1.807) is 0 Å². The number of piperazine rings is 1. The zero-order valence-electron chi connectivity index (χ0n) is 15.7. The van der Waals surface area contributed by atoms with E-state index in [0.717, 1.165) is 45.7 Å². The van der Waals surface area contributed by atoms with Crippen molar-refractivity contribution in [3.05, 3.63) is 35.4 Å². The zero-order chi connectivity index (χ0) is 17.6. The Labute approximate surface area is 152 Å². The molecule has 2 fully saturated rings. The van der Waals surface area contributed by atoms with Crippen molar-refractivity contribution in [1.82, 2.24) is 20.0 Å². The number of piperidine rings is 1. The highest BCUT2D eigenvalue weighted by Crippen LogP contribution is 2.31. The number of likely N-dealkylation sites (tertiary alicyclic amines) is 1. The van der Waals surface area contributed by atoms with E-state index in [-0.39, 0.29) is 5.91 Å². The molecule has 138 valence electrons. The van der Waals surface area contributed by atoms with Crippen molar-refractivity contribution in [2.45, 2.75) is 31.8 Å². The maximum Gasteiger partial charge on any atom is 0.236 e. The first-order chi connectivity index (χ1) is 12.1. The summed E-state index contributed by atoms with van der Waals surface area (Å²) in [6, 6.07) is 9.38. The fraction of sp³-hybridized carbons (Fsp3) is 0.650. The van der Waals surface area contributed by atoms with Gasteiger partial charge in [0.1, 0.15) is 0 Å². The molecule has 1 atom stereocenters. The molecule has 1 aromatic rings. The summed E-state index contributed by atoms with van der Waals surface area (Å²) in [5.74, 6) is 0.289. The van der Waals surface area contributed by atoms with Crippen LogP contribution in [0.2, 0.25) is 0 Å². The smallest absolute Gasteiger partial charge is 0.236 e. The largest absolute Gasteiger partial charge is 0.339 e. The fourth-order valence-corrected chi connectivity index (χ4v) is 3.96. The van der Waals surface area contributed by atoms with Crippen LogP contribution in [0.4, 0.5) is 0 Å². The Morgan fingerprint density at radius 1 is 1.12 bits per heavy atom. The van der Waals surface area contributed by atoms with Gasteiger partial charge in [-0.3, -0.25) is 9.69 Å². The van der Waals surface area contributed by atoms with Gasteiger partial charge < -0.3 is 15.1 Å². The van der Waals surface area contributed by atoms with Gasteiger partial charge in [0, 0.05) is 38.8 Å². The highest BCUT2D eigenvalue weighted by molar-refractivity contribution is 5.78. The van der Waals surface area contributed by atoms with Gasteiger partial charge in [-0.1, -0.05) is 30.7 Å². The third-order valence-corrected chi connectivity index (χ3v) is 5.29. The summed E-state index contributed by atoms with van der Waals surface area (Å²) >= 11 is 0. The molecule has 2 aliphatic rings. The van der Waals surface area contributed by atoms with Crippen molar-refractivity contribution >= 4 is 5.91 Å². The van der Waals surface area contributed by atoms with Crippen molar-refractivity contribution in [3.8, 4) is 0 Å². The first-order valence-corrected chi connectivity index (χ1v) is 9.59. The summed E-state index contributed by atoms with van der Waals surface area (Å²) in [6.45, 7) is 6.08. The van der Waals surface area contributed by atoms with E-state index in [4.69, 9.17) is 0 Å². The number of rotatable bonds is 5. The Hall–Kier alpha value is -1.43.